The summed E-state index contributed by atoms with van der Waals surface area (Å²) in [5.74, 6) is -1.29. The number of nitrogens with zero attached hydrogens (tertiary/aromatic N) is 3. The Bertz CT molecular complexity index is 1440. The summed E-state index contributed by atoms with van der Waals surface area (Å²) < 4.78 is 53.4. The first-order chi connectivity index (χ1) is 17.2. The van der Waals surface area contributed by atoms with E-state index in [-0.39, 0.29) is 0 Å². The lowest BCUT2D eigenvalue weighted by Gasteiger charge is -2.20. The molecule has 1 fully saturated rings. The molecule has 36 heavy (non-hydrogen) atoms. The predicted octanol–water partition coefficient (Wildman–Crippen LogP) is 5.77. The van der Waals surface area contributed by atoms with E-state index in [2.05, 4.69) is 15.5 Å². The van der Waals surface area contributed by atoms with Crippen LogP contribution in [0, 0.1) is 12.7 Å². The van der Waals surface area contributed by atoms with Gasteiger partial charge < -0.3 is 10.2 Å². The number of halogens is 4. The van der Waals surface area contributed by atoms with E-state index in [1.807, 2.05) is 60.4 Å². The van der Waals surface area contributed by atoms with E-state index in [9.17, 15) is 22.4 Å². The standard InChI is InChI=1S/C27H22F4N4O/c1-16-6-8-17(9-7-16)24-20-4-2-3-5-21(20)25(34-33-24)35-13-12-19(15-35)32-26(36)22-11-10-18(28)14-23(22)27(29,30)31/h2-11,14,19H,12-13,15H2,1H3,(H,32,36)/t19-/m0/s1. The van der Waals surface area contributed by atoms with Crippen LogP contribution in [0.4, 0.5) is 23.4 Å². The third-order valence-corrected chi connectivity index (χ3v) is 6.35. The first-order valence-electron chi connectivity index (χ1n) is 11.5. The fraction of sp³-hybridized carbons (Fsp3) is 0.222. The molecule has 1 aromatic heterocycles. The summed E-state index contributed by atoms with van der Waals surface area (Å²) in [7, 11) is 0. The van der Waals surface area contributed by atoms with Crippen LogP contribution >= 0.6 is 0 Å². The van der Waals surface area contributed by atoms with E-state index in [1.165, 1.54) is 0 Å². The number of nitrogens with one attached hydrogen (secondary N) is 1. The molecule has 184 valence electrons. The van der Waals surface area contributed by atoms with Crippen molar-refractivity contribution in [3.8, 4) is 11.3 Å². The monoisotopic (exact) mass is 494 g/mol. The number of carbonyl (C=O) groups is 1. The van der Waals surface area contributed by atoms with Gasteiger partial charge in [-0.15, -0.1) is 10.2 Å². The number of aromatic nitrogens is 2. The lowest BCUT2D eigenvalue weighted by Crippen LogP contribution is -2.38. The molecule has 0 aliphatic carbocycles. The van der Waals surface area contributed by atoms with Crippen LogP contribution in [0.15, 0.2) is 66.7 Å². The fourth-order valence-corrected chi connectivity index (χ4v) is 4.53. The zero-order valence-electron chi connectivity index (χ0n) is 19.3. The number of fused-ring (bicyclic) bond motifs is 1. The summed E-state index contributed by atoms with van der Waals surface area (Å²) in [4.78, 5) is 14.6. The maximum atomic E-state index is 13.4. The smallest absolute Gasteiger partial charge is 0.352 e. The number of rotatable bonds is 4. The third kappa shape index (κ3) is 4.60. The van der Waals surface area contributed by atoms with Crippen molar-refractivity contribution in [1.29, 1.82) is 0 Å². The Balaban J connectivity index is 1.38. The molecule has 1 aliphatic heterocycles. The van der Waals surface area contributed by atoms with Crippen LogP contribution in [-0.2, 0) is 6.18 Å². The minimum absolute atomic E-state index is 0.340. The van der Waals surface area contributed by atoms with Crippen LogP contribution in [-0.4, -0.2) is 35.2 Å². The Kier molecular flexibility index (Phi) is 6.07. The number of anilines is 1. The van der Waals surface area contributed by atoms with E-state index in [4.69, 9.17) is 0 Å². The molecule has 5 nitrogen and oxygen atoms in total. The average molecular weight is 494 g/mol. The third-order valence-electron chi connectivity index (χ3n) is 6.35. The van der Waals surface area contributed by atoms with Crippen LogP contribution in [0.1, 0.15) is 27.9 Å². The molecule has 4 aromatic rings. The zero-order valence-corrected chi connectivity index (χ0v) is 19.3. The van der Waals surface area contributed by atoms with Crippen molar-refractivity contribution in [2.75, 3.05) is 18.0 Å². The Hall–Kier alpha value is -4.01. The number of hydrogen-bond donors (Lipinski definition) is 1. The molecule has 0 unspecified atom stereocenters. The highest BCUT2D eigenvalue weighted by Gasteiger charge is 2.36. The van der Waals surface area contributed by atoms with Gasteiger partial charge in [-0.3, -0.25) is 4.79 Å². The van der Waals surface area contributed by atoms with E-state index >= 15 is 0 Å². The summed E-state index contributed by atoms with van der Waals surface area (Å²) in [5, 5.41) is 13.5. The topological polar surface area (TPSA) is 58.1 Å². The Labute approximate surface area is 204 Å². The molecule has 1 aliphatic rings. The molecular formula is C27H22F4N4O. The van der Waals surface area contributed by atoms with Crippen molar-refractivity contribution >= 4 is 22.5 Å². The quantitative estimate of drug-likeness (QED) is 0.366. The number of amides is 1. The Morgan fingerprint density at radius 3 is 2.44 bits per heavy atom. The van der Waals surface area contributed by atoms with Gasteiger partial charge in [0.1, 0.15) is 11.5 Å². The summed E-state index contributed by atoms with van der Waals surface area (Å²) in [6.45, 7) is 2.92. The first kappa shape index (κ1) is 23.7. The first-order valence-corrected chi connectivity index (χ1v) is 11.5. The minimum atomic E-state index is -4.84. The second-order valence-corrected chi connectivity index (χ2v) is 8.88. The normalized spacial score (nSPS) is 15.9. The van der Waals surface area contributed by atoms with Gasteiger partial charge in [0, 0.05) is 35.5 Å². The second-order valence-electron chi connectivity index (χ2n) is 8.88. The van der Waals surface area contributed by atoms with Crippen molar-refractivity contribution in [2.24, 2.45) is 0 Å². The van der Waals surface area contributed by atoms with Gasteiger partial charge >= 0.3 is 6.18 Å². The van der Waals surface area contributed by atoms with E-state index in [1.54, 1.807) is 0 Å². The second kappa shape index (κ2) is 9.22. The van der Waals surface area contributed by atoms with Gasteiger partial charge in [-0.1, -0.05) is 54.1 Å². The van der Waals surface area contributed by atoms with E-state index in [0.717, 1.165) is 39.7 Å². The number of carbonyl (C=O) groups excluding carboxylic acids is 1. The van der Waals surface area contributed by atoms with Crippen molar-refractivity contribution in [3.05, 3.63) is 89.2 Å². The summed E-state index contributed by atoms with van der Waals surface area (Å²) >= 11 is 0. The van der Waals surface area contributed by atoms with Gasteiger partial charge in [0.25, 0.3) is 5.91 Å². The summed E-state index contributed by atoms with van der Waals surface area (Å²) in [6.07, 6.45) is -4.33. The van der Waals surface area contributed by atoms with Crippen molar-refractivity contribution in [2.45, 2.75) is 25.6 Å². The average Bonchev–Trinajstić information content (AvgIpc) is 3.31. The summed E-state index contributed by atoms with van der Waals surface area (Å²) in [6, 6.07) is 17.4. The molecule has 1 N–H and O–H groups in total. The SMILES string of the molecule is Cc1ccc(-c2nnc(N3CC[C@H](NC(=O)c4ccc(F)cc4C(F)(F)F)C3)c3ccccc23)cc1. The Morgan fingerprint density at radius 2 is 1.72 bits per heavy atom. The molecule has 3 aromatic carbocycles. The van der Waals surface area contributed by atoms with Crippen molar-refractivity contribution < 1.29 is 22.4 Å². The molecule has 1 saturated heterocycles. The fourth-order valence-electron chi connectivity index (χ4n) is 4.53. The van der Waals surface area contributed by atoms with Crippen LogP contribution in [0.3, 0.4) is 0 Å². The van der Waals surface area contributed by atoms with Crippen molar-refractivity contribution in [3.63, 3.8) is 0 Å². The van der Waals surface area contributed by atoms with Crippen LogP contribution in [0.25, 0.3) is 22.0 Å². The number of hydrogen-bond acceptors (Lipinski definition) is 4. The molecule has 0 saturated carbocycles. The maximum absolute atomic E-state index is 13.4. The van der Waals surface area contributed by atoms with Crippen LogP contribution < -0.4 is 10.2 Å². The predicted molar refractivity (Wildman–Crippen MR) is 129 cm³/mol. The van der Waals surface area contributed by atoms with Gasteiger partial charge in [-0.25, -0.2) is 4.39 Å². The Morgan fingerprint density at radius 1 is 1.00 bits per heavy atom. The van der Waals surface area contributed by atoms with Gasteiger partial charge in [0.2, 0.25) is 0 Å². The van der Waals surface area contributed by atoms with E-state index < -0.39 is 35.1 Å². The molecule has 0 bridgehead atoms. The summed E-state index contributed by atoms with van der Waals surface area (Å²) in [5.41, 5.74) is 0.950. The molecule has 5 rings (SSSR count). The largest absolute Gasteiger partial charge is 0.417 e. The van der Waals surface area contributed by atoms with Crippen molar-refractivity contribution in [1.82, 2.24) is 15.5 Å². The highest BCUT2D eigenvalue weighted by molar-refractivity contribution is 6.00. The van der Waals surface area contributed by atoms with Gasteiger partial charge in [0.05, 0.1) is 11.1 Å². The number of alkyl halides is 3. The number of benzene rings is 3. The van der Waals surface area contributed by atoms with Gasteiger partial charge in [-0.05, 0) is 31.5 Å². The maximum Gasteiger partial charge on any atom is 0.417 e. The molecule has 1 amide bonds. The zero-order chi connectivity index (χ0) is 25.4. The molecule has 0 spiro atoms. The number of aryl methyl sites for hydroxylation is 1. The molecular weight excluding hydrogens is 472 g/mol. The molecule has 1 atom stereocenters. The lowest BCUT2D eigenvalue weighted by atomic mass is 10.0. The molecule has 9 heteroatoms. The van der Waals surface area contributed by atoms with Crippen LogP contribution in [0.5, 0.6) is 0 Å². The van der Waals surface area contributed by atoms with Gasteiger partial charge in [0.15, 0.2) is 5.82 Å². The highest BCUT2D eigenvalue weighted by Crippen LogP contribution is 2.34. The van der Waals surface area contributed by atoms with Gasteiger partial charge in [-0.2, -0.15) is 13.2 Å². The lowest BCUT2D eigenvalue weighted by molar-refractivity contribution is -0.138. The minimum Gasteiger partial charge on any atom is -0.352 e. The molecule has 0 radical (unpaired) electrons. The van der Waals surface area contributed by atoms with Crippen LogP contribution in [0.2, 0.25) is 0 Å². The highest BCUT2D eigenvalue weighted by atomic mass is 19.4. The van der Waals surface area contributed by atoms with E-state index in [0.29, 0.717) is 31.4 Å². The molecule has 2 heterocycles.